The van der Waals surface area contributed by atoms with Gasteiger partial charge in [-0.2, -0.15) is 0 Å². The standard InChI is InChI=1S/C49H64N6O8S/c1-34-4-2-3-5-41(34)44-32-53(38-10-14-48(15-11-38)18-26-62-27-19-48)22-23-54(44)39-30-49(31-39)16-20-52(21-17-49)37-8-6-36(7-9-37)47(56)51-64(59,60)40-28-43(55(57)58)46-45(29-40)63-33-42(50-46)35-12-24-61-25-13-35/h2-9,28-29,35,38-39,42,44,50H,10-27,30-33H2,1H3,(H,51,56)/t42-,44-/m0/s1. The van der Waals surface area contributed by atoms with Gasteiger partial charge < -0.3 is 24.4 Å². The first-order valence-corrected chi connectivity index (χ1v) is 25.3. The average molecular weight is 897 g/mol. The number of fused-ring (bicyclic) bond motifs is 1. The van der Waals surface area contributed by atoms with Crippen molar-refractivity contribution in [2.75, 3.05) is 76.0 Å². The number of sulfonamides is 1. The van der Waals surface area contributed by atoms with Crippen molar-refractivity contribution in [1.82, 2.24) is 14.5 Å². The van der Waals surface area contributed by atoms with E-state index in [9.17, 15) is 23.3 Å². The number of hydrogen-bond acceptors (Lipinski definition) is 12. The number of nitro benzene ring substituents is 1. The van der Waals surface area contributed by atoms with E-state index in [4.69, 9.17) is 14.2 Å². The van der Waals surface area contributed by atoms with Crippen molar-refractivity contribution >= 4 is 33.0 Å². The third-order valence-electron chi connectivity index (χ3n) is 16.6. The first kappa shape index (κ1) is 43.6. The fraction of sp³-hybridized carbons (Fsp3) is 0.612. The monoisotopic (exact) mass is 896 g/mol. The predicted molar refractivity (Wildman–Crippen MR) is 244 cm³/mol. The molecule has 2 saturated carbocycles. The molecule has 14 nitrogen and oxygen atoms in total. The summed E-state index contributed by atoms with van der Waals surface area (Å²) < 4.78 is 46.2. The fourth-order valence-electron chi connectivity index (χ4n) is 12.5. The molecule has 2 N–H and O–H groups in total. The maximum absolute atomic E-state index is 13.5. The predicted octanol–water partition coefficient (Wildman–Crippen LogP) is 7.47. The van der Waals surface area contributed by atoms with Crippen molar-refractivity contribution in [3.63, 3.8) is 0 Å². The summed E-state index contributed by atoms with van der Waals surface area (Å²) in [7, 11) is -4.47. The Labute approximate surface area is 377 Å². The summed E-state index contributed by atoms with van der Waals surface area (Å²) >= 11 is 0. The quantitative estimate of drug-likeness (QED) is 0.162. The van der Waals surface area contributed by atoms with Gasteiger partial charge in [-0.1, -0.05) is 24.3 Å². The molecule has 0 bridgehead atoms. The molecule has 0 unspecified atom stereocenters. The molecule has 0 radical (unpaired) electrons. The second-order valence-corrected chi connectivity index (χ2v) is 21.7. The molecule has 7 aliphatic rings. The van der Waals surface area contributed by atoms with Crippen molar-refractivity contribution in [2.45, 2.75) is 113 Å². The van der Waals surface area contributed by atoms with E-state index in [0.717, 1.165) is 83.4 Å². The smallest absolute Gasteiger partial charge is 0.297 e. The molecule has 3 aromatic rings. The van der Waals surface area contributed by atoms with Gasteiger partial charge in [-0.3, -0.25) is 24.7 Å². The van der Waals surface area contributed by atoms with Crippen molar-refractivity contribution in [3.8, 4) is 5.75 Å². The fourth-order valence-corrected chi connectivity index (χ4v) is 13.5. The summed E-state index contributed by atoms with van der Waals surface area (Å²) in [6, 6.07) is 19.8. The molecular weight excluding hydrogens is 833 g/mol. The van der Waals surface area contributed by atoms with E-state index < -0.39 is 31.4 Å². The molecule has 0 aromatic heterocycles. The van der Waals surface area contributed by atoms with Crippen LogP contribution in [0, 0.1) is 33.8 Å². The van der Waals surface area contributed by atoms with Gasteiger partial charge in [0.25, 0.3) is 21.6 Å². The summed E-state index contributed by atoms with van der Waals surface area (Å²) in [6.07, 6.45) is 14.1. The Kier molecular flexibility index (Phi) is 12.2. The van der Waals surface area contributed by atoms with Crippen LogP contribution in [-0.4, -0.2) is 113 Å². The summed E-state index contributed by atoms with van der Waals surface area (Å²) in [4.78, 5) is 32.5. The van der Waals surface area contributed by atoms with E-state index in [2.05, 4.69) is 55.9 Å². The highest BCUT2D eigenvalue weighted by molar-refractivity contribution is 7.90. The molecular formula is C49H64N6O8S. The zero-order valence-corrected chi connectivity index (χ0v) is 38.0. The number of nitro groups is 1. The molecule has 6 fully saturated rings. The maximum Gasteiger partial charge on any atom is 0.297 e. The molecule has 344 valence electrons. The van der Waals surface area contributed by atoms with Gasteiger partial charge in [0.15, 0.2) is 11.4 Å². The van der Waals surface area contributed by atoms with Crippen LogP contribution in [0.4, 0.5) is 17.1 Å². The number of piperidine rings is 1. The van der Waals surface area contributed by atoms with E-state index in [-0.39, 0.29) is 35.6 Å². The molecule has 1 amide bonds. The normalized spacial score (nSPS) is 26.6. The van der Waals surface area contributed by atoms with Crippen molar-refractivity contribution in [1.29, 1.82) is 0 Å². The summed E-state index contributed by atoms with van der Waals surface area (Å²) in [6.45, 7) is 10.9. The minimum absolute atomic E-state index is 0.0680. The van der Waals surface area contributed by atoms with Crippen LogP contribution in [0.3, 0.4) is 0 Å². The Morgan fingerprint density at radius 3 is 2.23 bits per heavy atom. The lowest BCUT2D eigenvalue weighted by molar-refractivity contribution is -0.384. The molecule has 10 rings (SSSR count). The van der Waals surface area contributed by atoms with E-state index >= 15 is 0 Å². The van der Waals surface area contributed by atoms with Crippen LogP contribution in [-0.2, 0) is 19.5 Å². The van der Waals surface area contributed by atoms with Crippen LogP contribution in [0.5, 0.6) is 5.75 Å². The minimum atomic E-state index is -4.47. The van der Waals surface area contributed by atoms with Crippen LogP contribution in [0.15, 0.2) is 65.6 Å². The van der Waals surface area contributed by atoms with E-state index in [1.165, 1.54) is 68.6 Å². The van der Waals surface area contributed by atoms with Crippen molar-refractivity contribution < 1.29 is 32.3 Å². The topological polar surface area (TPSA) is 156 Å². The Hall–Kier alpha value is -4.28. The number of nitrogens with zero attached hydrogens (tertiary/aromatic N) is 4. The summed E-state index contributed by atoms with van der Waals surface area (Å²) in [5, 5.41) is 15.4. The lowest BCUT2D eigenvalue weighted by Crippen LogP contribution is -2.61. The second kappa shape index (κ2) is 17.8. The minimum Gasteiger partial charge on any atom is -0.489 e. The highest BCUT2D eigenvalue weighted by atomic mass is 32.2. The molecule has 2 aliphatic carbocycles. The van der Waals surface area contributed by atoms with Gasteiger partial charge in [0.1, 0.15) is 6.61 Å². The van der Waals surface area contributed by atoms with Crippen LogP contribution >= 0.6 is 0 Å². The van der Waals surface area contributed by atoms with Crippen LogP contribution in [0.1, 0.15) is 105 Å². The average Bonchev–Trinajstić information content (AvgIpc) is 3.31. The number of rotatable bonds is 9. The molecule has 5 aliphatic heterocycles. The Morgan fingerprint density at radius 1 is 0.828 bits per heavy atom. The second-order valence-electron chi connectivity index (χ2n) is 20.1. The molecule has 2 atom stereocenters. The highest BCUT2D eigenvalue weighted by Crippen LogP contribution is 2.54. The molecule has 4 saturated heterocycles. The maximum atomic E-state index is 13.5. The number of nitrogens with one attached hydrogen (secondary N) is 2. The van der Waals surface area contributed by atoms with Gasteiger partial charge in [0, 0.05) is 101 Å². The first-order valence-electron chi connectivity index (χ1n) is 23.8. The Balaban J connectivity index is 0.738. The largest absolute Gasteiger partial charge is 0.489 e. The van der Waals surface area contributed by atoms with E-state index in [1.54, 1.807) is 12.1 Å². The van der Waals surface area contributed by atoms with Crippen molar-refractivity contribution in [3.05, 3.63) is 87.5 Å². The van der Waals surface area contributed by atoms with Crippen LogP contribution in [0.25, 0.3) is 0 Å². The van der Waals surface area contributed by atoms with Gasteiger partial charge in [-0.05, 0) is 136 Å². The van der Waals surface area contributed by atoms with Crippen LogP contribution < -0.4 is 19.7 Å². The number of ether oxygens (including phenoxy) is 3. The number of carbonyl (C=O) groups excluding carboxylic acids is 1. The van der Waals surface area contributed by atoms with Gasteiger partial charge in [0.2, 0.25) is 0 Å². The number of amides is 1. The highest BCUT2D eigenvalue weighted by Gasteiger charge is 2.51. The molecule has 64 heavy (non-hydrogen) atoms. The van der Waals surface area contributed by atoms with Gasteiger partial charge in [-0.25, -0.2) is 13.1 Å². The third-order valence-corrected chi connectivity index (χ3v) is 17.9. The molecule has 5 heterocycles. The van der Waals surface area contributed by atoms with Gasteiger partial charge >= 0.3 is 0 Å². The SMILES string of the molecule is Cc1ccccc1[C@@H]1CN(C2CCC3(CCOCC3)CC2)CCN1C1CC2(CCN(c3ccc(C(=O)NS(=O)(=O)c4cc5c(c([N+](=O)[O-])c4)N[C@H](C4CCOCC4)CO5)cc3)CC2)C1. The first-order chi connectivity index (χ1) is 31.0. The van der Waals surface area contributed by atoms with E-state index in [0.29, 0.717) is 42.2 Å². The lowest BCUT2D eigenvalue weighted by atomic mass is 9.59. The number of benzene rings is 3. The zero-order valence-electron chi connectivity index (χ0n) is 37.2. The zero-order chi connectivity index (χ0) is 44.1. The van der Waals surface area contributed by atoms with E-state index in [1.807, 2.05) is 12.1 Å². The number of anilines is 2. The number of aryl methyl sites for hydroxylation is 1. The number of hydrogen-bond donors (Lipinski definition) is 2. The molecule has 15 heteroatoms. The summed E-state index contributed by atoms with van der Waals surface area (Å²) in [5.74, 6) is -0.529. The Morgan fingerprint density at radius 2 is 1.53 bits per heavy atom. The summed E-state index contributed by atoms with van der Waals surface area (Å²) in [5.41, 5.74) is 4.67. The van der Waals surface area contributed by atoms with Crippen molar-refractivity contribution in [2.24, 2.45) is 16.7 Å². The molecule has 3 aromatic carbocycles. The Bertz CT molecular complexity index is 2290. The van der Waals surface area contributed by atoms with Crippen LogP contribution in [0.2, 0.25) is 0 Å². The lowest BCUT2D eigenvalue weighted by Gasteiger charge is -2.59. The third kappa shape index (κ3) is 8.75. The number of piperazine rings is 1. The number of carbonyl (C=O) groups is 1. The van der Waals surface area contributed by atoms with Gasteiger partial charge in [0.05, 0.1) is 15.9 Å². The van der Waals surface area contributed by atoms with Gasteiger partial charge in [-0.15, -0.1) is 0 Å². The molecule has 2 spiro atoms.